The van der Waals surface area contributed by atoms with Crippen molar-refractivity contribution in [2.75, 3.05) is 7.11 Å². The Labute approximate surface area is 140 Å². The molecule has 0 unspecified atom stereocenters. The topological polar surface area (TPSA) is 84.5 Å². The van der Waals surface area contributed by atoms with Crippen molar-refractivity contribution in [3.05, 3.63) is 35.6 Å². The smallest absolute Gasteiger partial charge is 0.328 e. The maximum absolute atomic E-state index is 13.3. The molecule has 6 nitrogen and oxygen atoms in total. The van der Waals surface area contributed by atoms with Gasteiger partial charge in [-0.05, 0) is 23.6 Å². The quantitative estimate of drug-likeness (QED) is 0.732. The molecular weight excluding hydrogens is 315 g/mol. The predicted octanol–water partition coefficient (Wildman–Crippen LogP) is 1.19. The van der Waals surface area contributed by atoms with E-state index < -0.39 is 35.7 Å². The zero-order chi connectivity index (χ0) is 18.3. The van der Waals surface area contributed by atoms with Gasteiger partial charge in [0.05, 0.1) is 7.11 Å². The molecule has 0 heterocycles. The van der Waals surface area contributed by atoms with Gasteiger partial charge in [-0.25, -0.2) is 9.18 Å². The standard InChI is InChI=1S/C17H23FN2O4/c1-10(2)15(17(23)24-4)20-16(22)14(19-11(3)21)9-12-6-5-7-13(18)8-12/h5-8,10,14-15H,9H2,1-4H3,(H,19,21)(H,20,22)/t14-,15-/m1/s1. The molecule has 0 radical (unpaired) electrons. The normalized spacial score (nSPS) is 13.1. The third-order valence-corrected chi connectivity index (χ3v) is 3.44. The van der Waals surface area contributed by atoms with Crippen LogP contribution < -0.4 is 10.6 Å². The van der Waals surface area contributed by atoms with E-state index in [0.29, 0.717) is 5.56 Å². The van der Waals surface area contributed by atoms with Gasteiger partial charge < -0.3 is 15.4 Å². The lowest BCUT2D eigenvalue weighted by Crippen LogP contribution is -2.53. The van der Waals surface area contributed by atoms with Crippen molar-refractivity contribution in [2.24, 2.45) is 5.92 Å². The third kappa shape index (κ3) is 5.98. The first kappa shape index (κ1) is 19.6. The largest absolute Gasteiger partial charge is 0.467 e. The minimum atomic E-state index is -0.921. The monoisotopic (exact) mass is 338 g/mol. The maximum Gasteiger partial charge on any atom is 0.328 e. The van der Waals surface area contributed by atoms with Gasteiger partial charge in [0.15, 0.2) is 0 Å². The van der Waals surface area contributed by atoms with Gasteiger partial charge in [-0.2, -0.15) is 0 Å². The highest BCUT2D eigenvalue weighted by Gasteiger charge is 2.29. The van der Waals surface area contributed by atoms with Crippen LogP contribution in [0.25, 0.3) is 0 Å². The first-order valence-electron chi connectivity index (χ1n) is 7.64. The first-order chi connectivity index (χ1) is 11.2. The molecule has 1 rings (SSSR count). The highest BCUT2D eigenvalue weighted by atomic mass is 19.1. The number of methoxy groups -OCH3 is 1. The van der Waals surface area contributed by atoms with Crippen LogP contribution in [0.4, 0.5) is 4.39 Å². The van der Waals surface area contributed by atoms with Crippen molar-refractivity contribution in [1.82, 2.24) is 10.6 Å². The number of carbonyl (C=O) groups is 3. The second-order valence-electron chi connectivity index (χ2n) is 5.84. The Hall–Kier alpha value is -2.44. The number of hydrogen-bond donors (Lipinski definition) is 2. The molecule has 0 saturated heterocycles. The molecule has 0 aliphatic carbocycles. The van der Waals surface area contributed by atoms with Crippen LogP contribution in [0.5, 0.6) is 0 Å². The highest BCUT2D eigenvalue weighted by molar-refractivity contribution is 5.90. The van der Waals surface area contributed by atoms with Gasteiger partial charge in [-0.1, -0.05) is 26.0 Å². The summed E-state index contributed by atoms with van der Waals surface area (Å²) in [7, 11) is 1.24. The van der Waals surface area contributed by atoms with Crippen LogP contribution in [0.1, 0.15) is 26.3 Å². The molecule has 7 heteroatoms. The lowest BCUT2D eigenvalue weighted by molar-refractivity contribution is -0.146. The van der Waals surface area contributed by atoms with Crippen LogP contribution in [0.2, 0.25) is 0 Å². The van der Waals surface area contributed by atoms with Gasteiger partial charge in [0.1, 0.15) is 17.9 Å². The minimum Gasteiger partial charge on any atom is -0.467 e. The SMILES string of the molecule is COC(=O)[C@H](NC(=O)[C@@H](Cc1cccc(F)c1)NC(C)=O)C(C)C. The summed E-state index contributed by atoms with van der Waals surface area (Å²) in [6.45, 7) is 4.82. The summed E-state index contributed by atoms with van der Waals surface area (Å²) in [4.78, 5) is 35.6. The molecule has 2 N–H and O–H groups in total. The van der Waals surface area contributed by atoms with Crippen molar-refractivity contribution < 1.29 is 23.5 Å². The average Bonchev–Trinajstić information content (AvgIpc) is 2.50. The molecule has 0 aliphatic rings. The molecule has 132 valence electrons. The predicted molar refractivity (Wildman–Crippen MR) is 86.5 cm³/mol. The fraction of sp³-hybridized carbons (Fsp3) is 0.471. The fourth-order valence-electron chi connectivity index (χ4n) is 2.23. The molecule has 0 fully saturated rings. The summed E-state index contributed by atoms with van der Waals surface area (Å²) >= 11 is 0. The van der Waals surface area contributed by atoms with E-state index in [9.17, 15) is 18.8 Å². The van der Waals surface area contributed by atoms with Crippen molar-refractivity contribution in [3.63, 3.8) is 0 Å². The number of halogens is 1. The van der Waals surface area contributed by atoms with Crippen LogP contribution in [0.15, 0.2) is 24.3 Å². The van der Waals surface area contributed by atoms with E-state index in [1.165, 1.54) is 32.2 Å². The summed E-state index contributed by atoms with van der Waals surface area (Å²) in [6.07, 6.45) is 0.106. The van der Waals surface area contributed by atoms with E-state index >= 15 is 0 Å². The van der Waals surface area contributed by atoms with Crippen molar-refractivity contribution in [3.8, 4) is 0 Å². The van der Waals surface area contributed by atoms with Crippen LogP contribution >= 0.6 is 0 Å². The van der Waals surface area contributed by atoms with E-state index in [1.54, 1.807) is 19.9 Å². The Balaban J connectivity index is 2.91. The number of nitrogens with one attached hydrogen (secondary N) is 2. The van der Waals surface area contributed by atoms with Gasteiger partial charge in [0.25, 0.3) is 0 Å². The molecule has 1 aromatic rings. The van der Waals surface area contributed by atoms with Gasteiger partial charge in [-0.3, -0.25) is 9.59 Å². The van der Waals surface area contributed by atoms with E-state index in [1.807, 2.05) is 0 Å². The summed E-state index contributed by atoms with van der Waals surface area (Å²) in [5.41, 5.74) is 0.558. The number of rotatable bonds is 7. The average molecular weight is 338 g/mol. The van der Waals surface area contributed by atoms with Crippen LogP contribution in [0.3, 0.4) is 0 Å². The maximum atomic E-state index is 13.3. The lowest BCUT2D eigenvalue weighted by Gasteiger charge is -2.24. The molecule has 0 spiro atoms. The third-order valence-electron chi connectivity index (χ3n) is 3.44. The van der Waals surface area contributed by atoms with Crippen LogP contribution in [0, 0.1) is 11.7 Å². The van der Waals surface area contributed by atoms with E-state index in [0.717, 1.165) is 0 Å². The Morgan fingerprint density at radius 3 is 2.38 bits per heavy atom. The second kappa shape index (κ2) is 9.00. The van der Waals surface area contributed by atoms with Gasteiger partial charge in [-0.15, -0.1) is 0 Å². The molecule has 0 aromatic heterocycles. The van der Waals surface area contributed by atoms with E-state index in [2.05, 4.69) is 15.4 Å². The number of carbonyl (C=O) groups excluding carboxylic acids is 3. The summed E-state index contributed by atoms with van der Waals surface area (Å²) < 4.78 is 18.0. The molecule has 24 heavy (non-hydrogen) atoms. The number of benzene rings is 1. The number of amides is 2. The zero-order valence-electron chi connectivity index (χ0n) is 14.3. The molecule has 1 aromatic carbocycles. The molecule has 2 amide bonds. The second-order valence-corrected chi connectivity index (χ2v) is 5.84. The fourth-order valence-corrected chi connectivity index (χ4v) is 2.23. The summed E-state index contributed by atoms with van der Waals surface area (Å²) in [5.74, 6) is -2.10. The molecule has 0 saturated carbocycles. The van der Waals surface area contributed by atoms with Crippen LogP contribution in [-0.4, -0.2) is 37.0 Å². The Morgan fingerprint density at radius 1 is 1.21 bits per heavy atom. The molecule has 0 aliphatic heterocycles. The lowest BCUT2D eigenvalue weighted by atomic mass is 10.0. The van der Waals surface area contributed by atoms with E-state index in [-0.39, 0.29) is 12.3 Å². The number of esters is 1. The summed E-state index contributed by atoms with van der Waals surface area (Å²) in [6, 6.07) is 4.02. The van der Waals surface area contributed by atoms with Crippen molar-refractivity contribution in [2.45, 2.75) is 39.3 Å². The Kier molecular flexibility index (Phi) is 7.35. The first-order valence-corrected chi connectivity index (χ1v) is 7.64. The van der Waals surface area contributed by atoms with Crippen molar-refractivity contribution in [1.29, 1.82) is 0 Å². The van der Waals surface area contributed by atoms with E-state index in [4.69, 9.17) is 0 Å². The van der Waals surface area contributed by atoms with Crippen molar-refractivity contribution >= 4 is 17.8 Å². The zero-order valence-corrected chi connectivity index (χ0v) is 14.3. The summed E-state index contributed by atoms with van der Waals surface area (Å²) in [5, 5.41) is 5.11. The Bertz CT molecular complexity index is 604. The highest BCUT2D eigenvalue weighted by Crippen LogP contribution is 2.09. The number of hydrogen-bond acceptors (Lipinski definition) is 4. The van der Waals surface area contributed by atoms with Gasteiger partial charge in [0.2, 0.25) is 11.8 Å². The van der Waals surface area contributed by atoms with Gasteiger partial charge in [0, 0.05) is 13.3 Å². The Morgan fingerprint density at radius 2 is 1.88 bits per heavy atom. The minimum absolute atomic E-state index is 0.106. The van der Waals surface area contributed by atoms with Crippen LogP contribution in [-0.2, 0) is 25.5 Å². The molecule has 2 atom stereocenters. The number of ether oxygens (including phenoxy) is 1. The van der Waals surface area contributed by atoms with Gasteiger partial charge >= 0.3 is 5.97 Å². The molecule has 0 bridgehead atoms. The molecular formula is C17H23FN2O4.